The quantitative estimate of drug-likeness (QED) is 0.347. The summed E-state index contributed by atoms with van der Waals surface area (Å²) in [6.07, 6.45) is 2.73. The number of aromatic nitrogens is 2. The Morgan fingerprint density at radius 1 is 1.09 bits per heavy atom. The number of ether oxygens (including phenoxy) is 1. The van der Waals surface area contributed by atoms with Crippen molar-refractivity contribution < 1.29 is 9.53 Å². The second-order valence-corrected chi connectivity index (χ2v) is 8.17. The molecule has 0 bridgehead atoms. The van der Waals surface area contributed by atoms with Crippen LogP contribution in [0.5, 0.6) is 5.75 Å². The van der Waals surface area contributed by atoms with Gasteiger partial charge in [-0.1, -0.05) is 31.2 Å². The summed E-state index contributed by atoms with van der Waals surface area (Å²) in [7, 11) is 0. The molecule has 170 valence electrons. The molecular formula is C28H26N4O2. The number of carbonyl (C=O) groups excluding carboxylic acids is 1. The summed E-state index contributed by atoms with van der Waals surface area (Å²) in [4.78, 5) is 20.0. The third kappa shape index (κ3) is 5.33. The summed E-state index contributed by atoms with van der Waals surface area (Å²) in [5.74, 6) is 0.878. The van der Waals surface area contributed by atoms with E-state index < -0.39 is 0 Å². The predicted molar refractivity (Wildman–Crippen MR) is 135 cm³/mol. The van der Waals surface area contributed by atoms with Crippen molar-refractivity contribution in [2.45, 2.75) is 27.2 Å². The van der Waals surface area contributed by atoms with E-state index in [2.05, 4.69) is 28.3 Å². The number of rotatable bonds is 7. The summed E-state index contributed by atoms with van der Waals surface area (Å²) in [6, 6.07) is 21.3. The molecule has 0 radical (unpaired) electrons. The molecule has 0 aliphatic rings. The molecule has 0 saturated heterocycles. The van der Waals surface area contributed by atoms with Gasteiger partial charge in [-0.05, 0) is 85.0 Å². The van der Waals surface area contributed by atoms with Crippen molar-refractivity contribution >= 4 is 34.3 Å². The van der Waals surface area contributed by atoms with E-state index in [0.29, 0.717) is 17.1 Å². The van der Waals surface area contributed by atoms with Crippen LogP contribution in [-0.2, 0) is 11.2 Å². The van der Waals surface area contributed by atoms with E-state index in [1.165, 1.54) is 11.1 Å². The molecule has 1 aromatic heterocycles. The number of amides is 1. The van der Waals surface area contributed by atoms with Gasteiger partial charge in [0.25, 0.3) is 5.91 Å². The molecule has 0 unspecified atom stereocenters. The van der Waals surface area contributed by atoms with Crippen molar-refractivity contribution in [1.29, 1.82) is 5.26 Å². The molecule has 2 N–H and O–H groups in total. The molecule has 0 spiro atoms. The number of H-pyrrole nitrogens is 1. The van der Waals surface area contributed by atoms with E-state index >= 15 is 0 Å². The van der Waals surface area contributed by atoms with Gasteiger partial charge < -0.3 is 15.0 Å². The SMILES string of the molecule is CCc1ccc(NC(=O)COc2ccc(/C=C(\C#N)c3nc4cc(C)c(C)cc4[nH]3)cc2)cc1. The van der Waals surface area contributed by atoms with Crippen molar-refractivity contribution in [1.82, 2.24) is 9.97 Å². The number of aromatic amines is 1. The lowest BCUT2D eigenvalue weighted by Crippen LogP contribution is -2.20. The third-order valence-corrected chi connectivity index (χ3v) is 5.68. The minimum atomic E-state index is -0.227. The highest BCUT2D eigenvalue weighted by Crippen LogP contribution is 2.23. The van der Waals surface area contributed by atoms with Crippen molar-refractivity contribution in [3.05, 3.63) is 88.7 Å². The number of hydrogen-bond acceptors (Lipinski definition) is 4. The van der Waals surface area contributed by atoms with Crippen LogP contribution >= 0.6 is 0 Å². The van der Waals surface area contributed by atoms with E-state index in [9.17, 15) is 10.1 Å². The van der Waals surface area contributed by atoms with Crippen LogP contribution in [0.1, 0.15) is 35.0 Å². The molecule has 3 aromatic carbocycles. The lowest BCUT2D eigenvalue weighted by atomic mass is 10.1. The Balaban J connectivity index is 1.40. The Bertz CT molecular complexity index is 1350. The van der Waals surface area contributed by atoms with Crippen LogP contribution in [0.25, 0.3) is 22.7 Å². The Morgan fingerprint density at radius 2 is 1.79 bits per heavy atom. The van der Waals surface area contributed by atoms with E-state index in [1.54, 1.807) is 18.2 Å². The standard InChI is InChI=1S/C28H26N4O2/c1-4-20-5-9-23(10-6-20)30-27(33)17-34-24-11-7-21(8-12-24)15-22(16-29)28-31-25-13-18(2)19(3)14-26(25)32-28/h5-15H,4,17H2,1-3H3,(H,30,33)(H,31,32)/b22-15+. The number of nitrogens with one attached hydrogen (secondary N) is 2. The molecule has 0 fully saturated rings. The van der Waals surface area contributed by atoms with Gasteiger partial charge in [-0.25, -0.2) is 4.98 Å². The molecule has 6 heteroatoms. The van der Waals surface area contributed by atoms with Crippen molar-refractivity contribution in [2.24, 2.45) is 0 Å². The van der Waals surface area contributed by atoms with Crippen molar-refractivity contribution in [3.8, 4) is 11.8 Å². The van der Waals surface area contributed by atoms with Gasteiger partial charge in [0, 0.05) is 5.69 Å². The molecule has 1 amide bonds. The van der Waals surface area contributed by atoms with Gasteiger partial charge in [-0.2, -0.15) is 5.26 Å². The molecule has 0 atom stereocenters. The summed E-state index contributed by atoms with van der Waals surface area (Å²) < 4.78 is 5.60. The van der Waals surface area contributed by atoms with Gasteiger partial charge in [0.05, 0.1) is 16.6 Å². The molecule has 0 aliphatic carbocycles. The van der Waals surface area contributed by atoms with Crippen molar-refractivity contribution in [2.75, 3.05) is 11.9 Å². The van der Waals surface area contributed by atoms with Crippen LogP contribution in [0, 0.1) is 25.2 Å². The first-order valence-electron chi connectivity index (χ1n) is 11.2. The molecule has 4 rings (SSSR count). The zero-order chi connectivity index (χ0) is 24.1. The van der Waals surface area contributed by atoms with Gasteiger partial charge in [0.15, 0.2) is 6.61 Å². The number of aryl methyl sites for hydroxylation is 3. The second kappa shape index (κ2) is 10.1. The molecule has 0 saturated carbocycles. The molecule has 34 heavy (non-hydrogen) atoms. The van der Waals surface area contributed by atoms with Gasteiger partial charge in [-0.15, -0.1) is 0 Å². The van der Waals surface area contributed by atoms with E-state index in [-0.39, 0.29) is 12.5 Å². The Kier molecular flexibility index (Phi) is 6.74. The lowest BCUT2D eigenvalue weighted by Gasteiger charge is -2.08. The third-order valence-electron chi connectivity index (χ3n) is 5.68. The fourth-order valence-electron chi connectivity index (χ4n) is 3.55. The van der Waals surface area contributed by atoms with Gasteiger partial charge >= 0.3 is 0 Å². The average Bonchev–Trinajstić information content (AvgIpc) is 3.25. The van der Waals surface area contributed by atoms with E-state index in [1.807, 2.05) is 62.4 Å². The van der Waals surface area contributed by atoms with Gasteiger partial charge in [0.2, 0.25) is 0 Å². The second-order valence-electron chi connectivity index (χ2n) is 8.17. The highest BCUT2D eigenvalue weighted by atomic mass is 16.5. The van der Waals surface area contributed by atoms with Crippen LogP contribution in [0.2, 0.25) is 0 Å². The first-order chi connectivity index (χ1) is 16.4. The van der Waals surface area contributed by atoms with E-state index in [0.717, 1.165) is 34.3 Å². The number of benzene rings is 3. The highest BCUT2D eigenvalue weighted by Gasteiger charge is 2.10. The first-order valence-corrected chi connectivity index (χ1v) is 11.2. The summed E-state index contributed by atoms with van der Waals surface area (Å²) >= 11 is 0. The maximum Gasteiger partial charge on any atom is 0.262 e. The van der Waals surface area contributed by atoms with Crippen LogP contribution in [-0.4, -0.2) is 22.5 Å². The minimum absolute atomic E-state index is 0.0913. The predicted octanol–water partition coefficient (Wildman–Crippen LogP) is 5.82. The van der Waals surface area contributed by atoms with Crippen LogP contribution in [0.3, 0.4) is 0 Å². The average molecular weight is 451 g/mol. The molecule has 0 aliphatic heterocycles. The fraction of sp³-hybridized carbons (Fsp3) is 0.179. The Hall–Kier alpha value is -4.37. The normalized spacial score (nSPS) is 11.3. The summed E-state index contributed by atoms with van der Waals surface area (Å²) in [5.41, 5.74) is 7.30. The highest BCUT2D eigenvalue weighted by molar-refractivity contribution is 5.92. The largest absolute Gasteiger partial charge is 0.484 e. The Labute approximate surface area is 198 Å². The topological polar surface area (TPSA) is 90.8 Å². The number of anilines is 1. The van der Waals surface area contributed by atoms with Gasteiger partial charge in [0.1, 0.15) is 17.6 Å². The maximum atomic E-state index is 12.2. The van der Waals surface area contributed by atoms with Crippen LogP contribution in [0.4, 0.5) is 5.69 Å². The summed E-state index contributed by atoms with van der Waals surface area (Å²) in [6.45, 7) is 6.09. The molecule has 4 aromatic rings. The smallest absolute Gasteiger partial charge is 0.262 e. The zero-order valence-electron chi connectivity index (χ0n) is 19.5. The fourth-order valence-corrected chi connectivity index (χ4v) is 3.55. The first kappa shape index (κ1) is 22.8. The molecule has 6 nitrogen and oxygen atoms in total. The number of allylic oxidation sites excluding steroid dienone is 1. The number of nitriles is 1. The number of fused-ring (bicyclic) bond motifs is 1. The zero-order valence-corrected chi connectivity index (χ0v) is 19.5. The summed E-state index contributed by atoms with van der Waals surface area (Å²) in [5, 5.41) is 12.5. The minimum Gasteiger partial charge on any atom is -0.484 e. The Morgan fingerprint density at radius 3 is 2.47 bits per heavy atom. The number of imidazole rings is 1. The van der Waals surface area contributed by atoms with Crippen LogP contribution < -0.4 is 10.1 Å². The molecular weight excluding hydrogens is 424 g/mol. The van der Waals surface area contributed by atoms with Crippen LogP contribution in [0.15, 0.2) is 60.7 Å². The number of hydrogen-bond donors (Lipinski definition) is 2. The van der Waals surface area contributed by atoms with E-state index in [4.69, 9.17) is 4.74 Å². The van der Waals surface area contributed by atoms with Crippen molar-refractivity contribution in [3.63, 3.8) is 0 Å². The lowest BCUT2D eigenvalue weighted by molar-refractivity contribution is -0.118. The maximum absolute atomic E-state index is 12.2. The van der Waals surface area contributed by atoms with Gasteiger partial charge in [-0.3, -0.25) is 4.79 Å². The molecule has 1 heterocycles. The number of carbonyl (C=O) groups is 1. The number of nitrogens with zero attached hydrogens (tertiary/aromatic N) is 2. The monoisotopic (exact) mass is 450 g/mol.